The standard InChI is InChI=1S/C6H7N5O2/c1-3-7-4-10(2)5(12)8-6(13)11(4)9-3/h1-2H3,(H,8,12,13). The van der Waals surface area contributed by atoms with E-state index in [-0.39, 0.29) is 5.78 Å². The van der Waals surface area contributed by atoms with Gasteiger partial charge in [-0.25, -0.2) is 9.59 Å². The zero-order valence-corrected chi connectivity index (χ0v) is 7.11. The van der Waals surface area contributed by atoms with Crippen molar-refractivity contribution in [1.29, 1.82) is 0 Å². The summed E-state index contributed by atoms with van der Waals surface area (Å²) in [5.41, 5.74) is -1.07. The van der Waals surface area contributed by atoms with Gasteiger partial charge < -0.3 is 0 Å². The molecule has 0 saturated heterocycles. The quantitative estimate of drug-likeness (QED) is 0.531. The average molecular weight is 181 g/mol. The smallest absolute Gasteiger partial charge is 0.265 e. The second-order valence-corrected chi connectivity index (χ2v) is 2.67. The molecule has 2 rings (SSSR count). The van der Waals surface area contributed by atoms with Gasteiger partial charge in [-0.3, -0.25) is 9.55 Å². The molecule has 0 unspecified atom stereocenters. The maximum Gasteiger partial charge on any atom is 0.353 e. The van der Waals surface area contributed by atoms with Crippen molar-refractivity contribution in [3.05, 3.63) is 26.8 Å². The zero-order valence-electron chi connectivity index (χ0n) is 7.11. The van der Waals surface area contributed by atoms with Crippen LogP contribution in [-0.2, 0) is 7.05 Å². The summed E-state index contributed by atoms with van der Waals surface area (Å²) in [6.07, 6.45) is 0. The number of hydrogen-bond donors (Lipinski definition) is 1. The van der Waals surface area contributed by atoms with Gasteiger partial charge in [0, 0.05) is 7.05 Å². The van der Waals surface area contributed by atoms with Crippen LogP contribution in [0.3, 0.4) is 0 Å². The molecule has 13 heavy (non-hydrogen) atoms. The fourth-order valence-electron chi connectivity index (χ4n) is 1.08. The molecule has 0 atom stereocenters. The Balaban J connectivity index is 3.13. The normalized spacial score (nSPS) is 10.9. The van der Waals surface area contributed by atoms with Crippen molar-refractivity contribution in [1.82, 2.24) is 24.1 Å². The molecular weight excluding hydrogens is 174 g/mol. The molecule has 0 aliphatic carbocycles. The fourth-order valence-corrected chi connectivity index (χ4v) is 1.08. The molecule has 0 aliphatic heterocycles. The zero-order chi connectivity index (χ0) is 9.59. The van der Waals surface area contributed by atoms with Crippen molar-refractivity contribution in [2.75, 3.05) is 0 Å². The van der Waals surface area contributed by atoms with Crippen LogP contribution < -0.4 is 11.4 Å². The number of H-pyrrole nitrogens is 1. The Morgan fingerprint density at radius 2 is 2.00 bits per heavy atom. The summed E-state index contributed by atoms with van der Waals surface area (Å²) >= 11 is 0. The lowest BCUT2D eigenvalue weighted by Gasteiger charge is -1.95. The number of hydrogen-bond acceptors (Lipinski definition) is 4. The van der Waals surface area contributed by atoms with Crippen molar-refractivity contribution < 1.29 is 0 Å². The predicted octanol–water partition coefficient (Wildman–Crippen LogP) is -1.58. The van der Waals surface area contributed by atoms with Gasteiger partial charge in [0.25, 0.3) is 0 Å². The van der Waals surface area contributed by atoms with Crippen molar-refractivity contribution in [2.45, 2.75) is 6.92 Å². The van der Waals surface area contributed by atoms with Gasteiger partial charge in [-0.1, -0.05) is 0 Å². The van der Waals surface area contributed by atoms with Gasteiger partial charge in [0.15, 0.2) is 0 Å². The monoisotopic (exact) mass is 181 g/mol. The molecule has 0 spiro atoms. The van der Waals surface area contributed by atoms with Crippen molar-refractivity contribution in [3.63, 3.8) is 0 Å². The topological polar surface area (TPSA) is 85.0 Å². The minimum Gasteiger partial charge on any atom is -0.265 e. The first-order chi connectivity index (χ1) is 6.09. The van der Waals surface area contributed by atoms with E-state index in [0.29, 0.717) is 5.82 Å². The molecule has 1 N–H and O–H groups in total. The van der Waals surface area contributed by atoms with Crippen LogP contribution in [0.1, 0.15) is 5.82 Å². The van der Waals surface area contributed by atoms with Gasteiger partial charge in [-0.15, -0.1) is 9.61 Å². The van der Waals surface area contributed by atoms with E-state index < -0.39 is 11.4 Å². The highest BCUT2D eigenvalue weighted by atomic mass is 16.2. The Morgan fingerprint density at radius 3 is 2.69 bits per heavy atom. The van der Waals surface area contributed by atoms with Crippen LogP contribution in [0, 0.1) is 6.92 Å². The summed E-state index contributed by atoms with van der Waals surface area (Å²) in [6.45, 7) is 1.65. The molecule has 0 aliphatic rings. The molecule has 0 bridgehead atoms. The number of nitrogens with zero attached hydrogens (tertiary/aromatic N) is 4. The molecule has 0 radical (unpaired) electrons. The summed E-state index contributed by atoms with van der Waals surface area (Å²) in [7, 11) is 1.52. The third kappa shape index (κ3) is 0.968. The first kappa shape index (κ1) is 7.71. The lowest BCUT2D eigenvalue weighted by molar-refractivity contribution is 0.726. The van der Waals surface area contributed by atoms with Crippen LogP contribution in [-0.4, -0.2) is 24.1 Å². The second-order valence-electron chi connectivity index (χ2n) is 2.67. The van der Waals surface area contributed by atoms with Gasteiger partial charge >= 0.3 is 11.4 Å². The largest absolute Gasteiger partial charge is 0.353 e. The Labute approximate surface area is 71.7 Å². The van der Waals surface area contributed by atoms with E-state index in [1.54, 1.807) is 6.92 Å². The molecule has 2 aromatic heterocycles. The third-order valence-electron chi connectivity index (χ3n) is 1.71. The van der Waals surface area contributed by atoms with Gasteiger partial charge in [-0.2, -0.15) is 4.98 Å². The minimum atomic E-state index is -0.571. The second kappa shape index (κ2) is 2.28. The highest BCUT2D eigenvalue weighted by Gasteiger charge is 2.06. The fraction of sp³-hybridized carbons (Fsp3) is 0.333. The maximum absolute atomic E-state index is 11.2. The molecule has 68 valence electrons. The Morgan fingerprint density at radius 1 is 1.31 bits per heavy atom. The molecule has 0 fully saturated rings. The first-order valence-corrected chi connectivity index (χ1v) is 3.62. The summed E-state index contributed by atoms with van der Waals surface area (Å²) in [6, 6.07) is 0. The highest BCUT2D eigenvalue weighted by Crippen LogP contribution is 1.90. The molecule has 0 saturated carbocycles. The Kier molecular flexibility index (Phi) is 1.35. The summed E-state index contributed by atoms with van der Waals surface area (Å²) in [4.78, 5) is 28.3. The number of nitrogens with one attached hydrogen (secondary N) is 1. The van der Waals surface area contributed by atoms with E-state index in [9.17, 15) is 9.59 Å². The summed E-state index contributed by atoms with van der Waals surface area (Å²) in [5, 5.41) is 3.82. The van der Waals surface area contributed by atoms with Crippen LogP contribution in [0.4, 0.5) is 0 Å². The van der Waals surface area contributed by atoms with Crippen LogP contribution in [0.2, 0.25) is 0 Å². The van der Waals surface area contributed by atoms with Gasteiger partial charge in [0.2, 0.25) is 5.78 Å². The SMILES string of the molecule is Cc1nc2n(C)c(=O)[nH]c(=O)n2n1. The maximum atomic E-state index is 11.2. The lowest BCUT2D eigenvalue weighted by Crippen LogP contribution is -2.33. The van der Waals surface area contributed by atoms with Gasteiger partial charge in [0.05, 0.1) is 0 Å². The highest BCUT2D eigenvalue weighted by molar-refractivity contribution is 5.25. The molecule has 0 aromatic carbocycles. The number of aromatic nitrogens is 5. The number of aromatic amines is 1. The Bertz CT molecular complexity index is 575. The summed E-state index contributed by atoms with van der Waals surface area (Å²) in [5.74, 6) is 0.693. The van der Waals surface area contributed by atoms with Gasteiger partial charge in [-0.05, 0) is 6.92 Å². The van der Waals surface area contributed by atoms with Crippen LogP contribution in [0.25, 0.3) is 5.78 Å². The van der Waals surface area contributed by atoms with Crippen molar-refractivity contribution >= 4 is 5.78 Å². The van der Waals surface area contributed by atoms with E-state index in [1.807, 2.05) is 0 Å². The van der Waals surface area contributed by atoms with Crippen molar-refractivity contribution in [3.8, 4) is 0 Å². The predicted molar refractivity (Wildman–Crippen MR) is 43.6 cm³/mol. The molecule has 7 heteroatoms. The van der Waals surface area contributed by atoms with E-state index in [1.165, 1.54) is 11.6 Å². The average Bonchev–Trinajstić information content (AvgIpc) is 2.44. The molecule has 0 amide bonds. The molecule has 2 aromatic rings. The van der Waals surface area contributed by atoms with Crippen molar-refractivity contribution in [2.24, 2.45) is 7.05 Å². The van der Waals surface area contributed by atoms with E-state index in [0.717, 1.165) is 4.52 Å². The minimum absolute atomic E-state index is 0.242. The van der Waals surface area contributed by atoms with E-state index >= 15 is 0 Å². The summed E-state index contributed by atoms with van der Waals surface area (Å²) < 4.78 is 2.28. The molecule has 7 nitrogen and oxygen atoms in total. The number of aryl methyl sites for hydroxylation is 2. The molecular formula is C6H7N5O2. The van der Waals surface area contributed by atoms with Crippen LogP contribution >= 0.6 is 0 Å². The Hall–Kier alpha value is -1.92. The van der Waals surface area contributed by atoms with Gasteiger partial charge in [0.1, 0.15) is 5.82 Å². The van der Waals surface area contributed by atoms with E-state index in [4.69, 9.17) is 0 Å². The number of fused-ring (bicyclic) bond motifs is 1. The van der Waals surface area contributed by atoms with E-state index in [2.05, 4.69) is 15.1 Å². The van der Waals surface area contributed by atoms with Crippen LogP contribution in [0.15, 0.2) is 9.59 Å². The first-order valence-electron chi connectivity index (χ1n) is 3.62. The lowest BCUT2D eigenvalue weighted by atomic mass is 10.7. The molecule has 2 heterocycles. The third-order valence-corrected chi connectivity index (χ3v) is 1.71. The number of rotatable bonds is 0. The van der Waals surface area contributed by atoms with Crippen LogP contribution in [0.5, 0.6) is 0 Å².